The molecule has 0 N–H and O–H groups in total. The minimum Gasteiger partial charge on any atom is -0.454 e. The van der Waals surface area contributed by atoms with E-state index >= 15 is 0 Å². The number of rotatable bonds is 6. The monoisotopic (exact) mass is 843 g/mol. The molecule has 11 aromatic rings. The van der Waals surface area contributed by atoms with Crippen LogP contribution >= 0.6 is 0 Å². The molecule has 3 aliphatic rings. The number of fused-ring (bicyclic) bond motifs is 15. The van der Waals surface area contributed by atoms with Crippen molar-refractivity contribution in [2.24, 2.45) is 0 Å². The van der Waals surface area contributed by atoms with E-state index in [-0.39, 0.29) is 12.0 Å². The van der Waals surface area contributed by atoms with E-state index in [1.54, 1.807) is 0 Å². The van der Waals surface area contributed by atoms with Crippen LogP contribution < -0.4 is 9.80 Å². The van der Waals surface area contributed by atoms with Gasteiger partial charge in [-0.25, -0.2) is 4.98 Å². The molecule has 1 spiro atoms. The average Bonchev–Trinajstić information content (AvgIpc) is 4.11. The zero-order chi connectivity index (χ0) is 43.3. The van der Waals surface area contributed by atoms with Crippen molar-refractivity contribution < 1.29 is 4.42 Å². The molecular formula is C62H41N3O. The van der Waals surface area contributed by atoms with E-state index in [9.17, 15) is 0 Å². The van der Waals surface area contributed by atoms with Crippen molar-refractivity contribution >= 4 is 50.4 Å². The molecule has 0 bridgehead atoms. The number of hydrogen-bond donors (Lipinski definition) is 0. The van der Waals surface area contributed by atoms with E-state index < -0.39 is 5.41 Å². The van der Waals surface area contributed by atoms with E-state index in [2.05, 4.69) is 240 Å². The van der Waals surface area contributed by atoms with Crippen LogP contribution in [0.2, 0.25) is 0 Å². The molecule has 9 aromatic carbocycles. The number of para-hydroxylation sites is 3. The highest BCUT2D eigenvalue weighted by Gasteiger charge is 2.63. The van der Waals surface area contributed by atoms with E-state index in [1.165, 1.54) is 44.6 Å². The first kappa shape index (κ1) is 37.0. The Morgan fingerprint density at radius 3 is 1.73 bits per heavy atom. The number of aromatic nitrogens is 1. The number of benzene rings is 9. The van der Waals surface area contributed by atoms with Crippen molar-refractivity contribution in [3.63, 3.8) is 0 Å². The Morgan fingerprint density at radius 2 is 1.03 bits per heavy atom. The van der Waals surface area contributed by atoms with Gasteiger partial charge in [-0.2, -0.15) is 0 Å². The molecule has 0 saturated heterocycles. The van der Waals surface area contributed by atoms with Gasteiger partial charge in [0, 0.05) is 50.6 Å². The number of furan rings is 1. The first-order chi connectivity index (χ1) is 32.8. The van der Waals surface area contributed by atoms with Crippen LogP contribution in [0, 0.1) is 0 Å². The summed E-state index contributed by atoms with van der Waals surface area (Å²) in [5.74, 6) is 0.00258. The Balaban J connectivity index is 1.07. The summed E-state index contributed by atoms with van der Waals surface area (Å²) in [6.45, 7) is 0. The number of nitrogens with zero attached hydrogens (tertiary/aromatic N) is 3. The summed E-state index contributed by atoms with van der Waals surface area (Å²) in [6.07, 6.45) is 0. The third-order valence-corrected chi connectivity index (χ3v) is 14.5. The highest BCUT2D eigenvalue weighted by molar-refractivity contribution is 6.10. The van der Waals surface area contributed by atoms with Gasteiger partial charge in [0.2, 0.25) is 0 Å². The summed E-state index contributed by atoms with van der Waals surface area (Å²) in [5.41, 5.74) is 20.1. The molecule has 0 amide bonds. The van der Waals surface area contributed by atoms with Gasteiger partial charge in [-0.05, 0) is 93.5 Å². The van der Waals surface area contributed by atoms with Crippen LogP contribution in [0.15, 0.2) is 241 Å². The fourth-order valence-corrected chi connectivity index (χ4v) is 12.0. The molecule has 14 rings (SSSR count). The minimum atomic E-state index is -0.468. The maximum absolute atomic E-state index is 6.78. The fourth-order valence-electron chi connectivity index (χ4n) is 12.0. The molecule has 3 heterocycles. The van der Waals surface area contributed by atoms with Crippen molar-refractivity contribution in [1.82, 2.24) is 4.98 Å². The topological polar surface area (TPSA) is 32.5 Å². The van der Waals surface area contributed by atoms with Gasteiger partial charge in [0.15, 0.2) is 5.58 Å². The number of pyridine rings is 1. The van der Waals surface area contributed by atoms with Crippen LogP contribution in [0.4, 0.5) is 28.4 Å². The van der Waals surface area contributed by atoms with Crippen molar-refractivity contribution in [3.8, 4) is 33.6 Å². The molecule has 2 atom stereocenters. The van der Waals surface area contributed by atoms with Gasteiger partial charge in [0.1, 0.15) is 5.58 Å². The second kappa shape index (κ2) is 14.3. The van der Waals surface area contributed by atoms with Crippen molar-refractivity contribution in [1.29, 1.82) is 0 Å². The SMILES string of the molecule is c1ccc(-c2cc(N3c4ccc(N(c5ccccc5)c5cccc6c5oc5ccccc56)cc4C4C3c3ccccc3C43c4ccccc4-c4ccccc43)cc(-c3ccccc3)n2)cc1. The van der Waals surface area contributed by atoms with E-state index in [4.69, 9.17) is 9.40 Å². The van der Waals surface area contributed by atoms with Crippen molar-refractivity contribution in [2.75, 3.05) is 9.80 Å². The van der Waals surface area contributed by atoms with Crippen LogP contribution in [0.5, 0.6) is 0 Å². The van der Waals surface area contributed by atoms with Crippen LogP contribution in [0.3, 0.4) is 0 Å². The molecule has 4 heteroatoms. The first-order valence-electron chi connectivity index (χ1n) is 22.9. The number of anilines is 5. The Labute approximate surface area is 383 Å². The molecular weight excluding hydrogens is 803 g/mol. The average molecular weight is 844 g/mol. The predicted octanol–water partition coefficient (Wildman–Crippen LogP) is 16.1. The lowest BCUT2D eigenvalue weighted by atomic mass is 9.65. The molecule has 2 unspecified atom stereocenters. The summed E-state index contributed by atoms with van der Waals surface area (Å²) in [7, 11) is 0. The van der Waals surface area contributed by atoms with Gasteiger partial charge in [0.05, 0.1) is 28.5 Å². The van der Waals surface area contributed by atoms with Crippen molar-refractivity contribution in [2.45, 2.75) is 17.4 Å². The second-order valence-corrected chi connectivity index (χ2v) is 17.8. The Morgan fingerprint density at radius 1 is 0.455 bits per heavy atom. The molecule has 2 aliphatic carbocycles. The molecule has 1 aliphatic heterocycles. The zero-order valence-corrected chi connectivity index (χ0v) is 35.9. The minimum absolute atomic E-state index is 0.00258. The quantitative estimate of drug-likeness (QED) is 0.167. The summed E-state index contributed by atoms with van der Waals surface area (Å²) in [6, 6.07) is 86.2. The highest BCUT2D eigenvalue weighted by atomic mass is 16.3. The fraction of sp³-hybridized carbons (Fsp3) is 0.0484. The van der Waals surface area contributed by atoms with Crippen LogP contribution in [0.25, 0.3) is 55.6 Å². The second-order valence-electron chi connectivity index (χ2n) is 17.8. The Kier molecular flexibility index (Phi) is 7.99. The smallest absolute Gasteiger partial charge is 0.159 e. The Hall–Kier alpha value is -8.47. The van der Waals surface area contributed by atoms with Gasteiger partial charge < -0.3 is 14.2 Å². The summed E-state index contributed by atoms with van der Waals surface area (Å²) >= 11 is 0. The third-order valence-electron chi connectivity index (χ3n) is 14.5. The van der Waals surface area contributed by atoms with Gasteiger partial charge in [-0.3, -0.25) is 0 Å². The first-order valence-corrected chi connectivity index (χ1v) is 22.9. The molecule has 66 heavy (non-hydrogen) atoms. The lowest BCUT2D eigenvalue weighted by Crippen LogP contribution is -2.32. The predicted molar refractivity (Wildman–Crippen MR) is 269 cm³/mol. The molecule has 0 saturated carbocycles. The van der Waals surface area contributed by atoms with Crippen molar-refractivity contribution in [3.05, 3.63) is 264 Å². The maximum Gasteiger partial charge on any atom is 0.159 e. The highest BCUT2D eigenvalue weighted by Crippen LogP contribution is 2.72. The lowest BCUT2D eigenvalue weighted by molar-refractivity contribution is 0.490. The zero-order valence-electron chi connectivity index (χ0n) is 35.9. The van der Waals surface area contributed by atoms with E-state index in [1.807, 2.05) is 6.07 Å². The summed E-state index contributed by atoms with van der Waals surface area (Å²) < 4.78 is 6.78. The van der Waals surface area contributed by atoms with Crippen LogP contribution in [-0.4, -0.2) is 4.98 Å². The van der Waals surface area contributed by atoms with Crippen LogP contribution in [0.1, 0.15) is 39.8 Å². The Bertz CT molecular complexity index is 3590. The van der Waals surface area contributed by atoms with Gasteiger partial charge in [-0.1, -0.05) is 182 Å². The summed E-state index contributed by atoms with van der Waals surface area (Å²) in [5, 5.41) is 2.21. The number of hydrogen-bond acceptors (Lipinski definition) is 4. The van der Waals surface area contributed by atoms with Gasteiger partial charge in [0.25, 0.3) is 0 Å². The van der Waals surface area contributed by atoms with Crippen LogP contribution in [-0.2, 0) is 5.41 Å². The maximum atomic E-state index is 6.78. The van der Waals surface area contributed by atoms with Gasteiger partial charge >= 0.3 is 0 Å². The lowest BCUT2D eigenvalue weighted by Gasteiger charge is -2.36. The normalized spacial score (nSPS) is 16.0. The largest absolute Gasteiger partial charge is 0.454 e. The molecule has 0 radical (unpaired) electrons. The molecule has 4 nitrogen and oxygen atoms in total. The van der Waals surface area contributed by atoms with Gasteiger partial charge in [-0.15, -0.1) is 0 Å². The van der Waals surface area contributed by atoms with E-state index in [0.717, 1.165) is 67.2 Å². The summed E-state index contributed by atoms with van der Waals surface area (Å²) in [4.78, 5) is 10.4. The standard InChI is InChI=1S/C62H41N3O/c1-4-19-40(20-5-1)54-38-44(39-55(63-54)41-21-6-2-7-22-41)65-56-36-35-43(64(42-23-8-3-9-24-42)57-33-18-29-48-47-27-13-17-34-58(47)66-61(48)57)37-50(56)59-60(65)49-28-12-16-32-53(49)62(59)51-30-14-10-25-45(51)46-26-11-15-31-52(46)62/h1-39,59-60H. The molecule has 310 valence electrons. The molecule has 2 aromatic heterocycles. The third kappa shape index (κ3) is 5.18. The molecule has 0 fully saturated rings. The van der Waals surface area contributed by atoms with E-state index in [0.29, 0.717) is 0 Å².